The zero-order valence-electron chi connectivity index (χ0n) is 24.1. The molecule has 2 N–H and O–H groups in total. The smallest absolute Gasteiger partial charge is 0.323 e. The van der Waals surface area contributed by atoms with E-state index >= 15 is 0 Å². The maximum absolute atomic E-state index is 13.6. The fourth-order valence-corrected chi connectivity index (χ4v) is 5.83. The first-order valence-corrected chi connectivity index (χ1v) is 15.4. The van der Waals surface area contributed by atoms with Gasteiger partial charge in [0.05, 0.1) is 4.91 Å². The second kappa shape index (κ2) is 15.2. The lowest BCUT2D eigenvalue weighted by atomic mass is 10.1. The number of carbonyl (C=O) groups excluding carboxylic acids is 2. The number of carboxylic acid groups (broad SMARTS) is 1. The van der Waals surface area contributed by atoms with Crippen molar-refractivity contribution in [3.63, 3.8) is 0 Å². The van der Waals surface area contributed by atoms with Crippen molar-refractivity contribution < 1.29 is 29.0 Å². The second-order valence-corrected chi connectivity index (χ2v) is 11.8. The third-order valence-corrected chi connectivity index (χ3v) is 8.19. The van der Waals surface area contributed by atoms with Gasteiger partial charge in [-0.1, -0.05) is 121 Å². The molecule has 4 aromatic rings. The molecular formula is C35H30N2O6S2. The summed E-state index contributed by atoms with van der Waals surface area (Å²) in [5.74, 6) is -1.25. The zero-order valence-corrected chi connectivity index (χ0v) is 25.8. The molecule has 0 aliphatic carbocycles. The number of nitrogens with one attached hydrogen (secondary N) is 1. The molecule has 0 radical (unpaired) electrons. The molecule has 228 valence electrons. The molecule has 5 rings (SSSR count). The number of carbonyl (C=O) groups is 3. The number of rotatable bonds is 13. The number of thiocarbonyl (C=S) groups is 1. The highest BCUT2D eigenvalue weighted by Gasteiger charge is 2.33. The number of aliphatic carboxylic acids is 1. The molecule has 0 spiro atoms. The van der Waals surface area contributed by atoms with Crippen molar-refractivity contribution in [3.05, 3.63) is 136 Å². The molecule has 0 bridgehead atoms. The third-order valence-electron chi connectivity index (χ3n) is 6.81. The van der Waals surface area contributed by atoms with Crippen LogP contribution in [0.5, 0.6) is 11.5 Å². The van der Waals surface area contributed by atoms with Crippen LogP contribution in [-0.2, 0) is 27.4 Å². The molecule has 1 heterocycles. The van der Waals surface area contributed by atoms with E-state index in [9.17, 15) is 19.5 Å². The summed E-state index contributed by atoms with van der Waals surface area (Å²) in [6.07, 6.45) is 1.28. The van der Waals surface area contributed by atoms with Gasteiger partial charge in [0.1, 0.15) is 17.5 Å². The Morgan fingerprint density at radius 1 is 0.889 bits per heavy atom. The molecule has 1 atom stereocenters. The summed E-state index contributed by atoms with van der Waals surface area (Å²) in [6, 6.07) is 33.9. The SMILES string of the molecule is O=C(O)CN1C(=O)/C(=C/c2ccc(OCc3ccccc3)c(OC(C(=O)NCCc3ccccc3)c3ccccc3)c2)SC1=S. The summed E-state index contributed by atoms with van der Waals surface area (Å²) in [5.41, 5.74) is 3.30. The maximum Gasteiger partial charge on any atom is 0.323 e. The standard InChI is InChI=1S/C35H30N2O6S2/c38-31(39)22-37-34(41)30(45-35(37)44)21-26-16-17-28(42-23-25-12-6-2-7-13-25)29(20-26)43-32(27-14-8-3-9-15-27)33(40)36-19-18-24-10-4-1-5-11-24/h1-17,20-21,32H,18-19,22-23H2,(H,36,40)(H,38,39)/b30-21-. The van der Waals surface area contributed by atoms with Crippen molar-refractivity contribution >= 4 is 52.2 Å². The highest BCUT2D eigenvalue weighted by molar-refractivity contribution is 8.26. The highest BCUT2D eigenvalue weighted by atomic mass is 32.2. The number of hydrogen-bond acceptors (Lipinski definition) is 7. The van der Waals surface area contributed by atoms with E-state index in [0.29, 0.717) is 35.6 Å². The monoisotopic (exact) mass is 638 g/mol. The summed E-state index contributed by atoms with van der Waals surface area (Å²) in [4.78, 5) is 39.0. The van der Waals surface area contributed by atoms with Crippen LogP contribution in [0.3, 0.4) is 0 Å². The number of amides is 2. The lowest BCUT2D eigenvalue weighted by Crippen LogP contribution is -2.33. The van der Waals surface area contributed by atoms with E-state index in [4.69, 9.17) is 21.7 Å². The molecule has 1 fully saturated rings. The second-order valence-electron chi connectivity index (χ2n) is 10.1. The Kier molecular flexibility index (Phi) is 10.6. The number of carboxylic acids is 1. The molecule has 1 unspecified atom stereocenters. The summed E-state index contributed by atoms with van der Waals surface area (Å²) >= 11 is 6.27. The molecule has 8 nitrogen and oxygen atoms in total. The molecule has 1 aliphatic rings. The number of hydrogen-bond donors (Lipinski definition) is 2. The highest BCUT2D eigenvalue weighted by Crippen LogP contribution is 2.37. The molecule has 1 aliphatic heterocycles. The largest absolute Gasteiger partial charge is 0.485 e. The average molecular weight is 639 g/mol. The van der Waals surface area contributed by atoms with Gasteiger partial charge in [0.15, 0.2) is 11.5 Å². The average Bonchev–Trinajstić information content (AvgIpc) is 3.31. The van der Waals surface area contributed by atoms with Crippen molar-refractivity contribution in [2.24, 2.45) is 0 Å². The maximum atomic E-state index is 13.6. The normalized spacial score (nSPS) is 14.3. The van der Waals surface area contributed by atoms with Crippen LogP contribution in [0.15, 0.2) is 114 Å². The molecule has 45 heavy (non-hydrogen) atoms. The van der Waals surface area contributed by atoms with E-state index < -0.39 is 24.5 Å². The Hall–Kier alpha value is -4.93. The van der Waals surface area contributed by atoms with E-state index in [0.717, 1.165) is 27.8 Å². The van der Waals surface area contributed by atoms with Gasteiger partial charge >= 0.3 is 5.97 Å². The van der Waals surface area contributed by atoms with Crippen LogP contribution in [0.4, 0.5) is 0 Å². The summed E-state index contributed by atoms with van der Waals surface area (Å²) in [5, 5.41) is 12.2. The fraction of sp³-hybridized carbons (Fsp3) is 0.143. The molecule has 4 aromatic carbocycles. The minimum absolute atomic E-state index is 0.171. The molecule has 0 saturated carbocycles. The van der Waals surface area contributed by atoms with Crippen molar-refractivity contribution in [2.75, 3.05) is 13.1 Å². The number of benzene rings is 4. The van der Waals surface area contributed by atoms with Gasteiger partial charge < -0.3 is 19.9 Å². The number of thioether (sulfide) groups is 1. The molecule has 2 amide bonds. The van der Waals surface area contributed by atoms with Gasteiger partial charge in [0, 0.05) is 12.1 Å². The third kappa shape index (κ3) is 8.59. The van der Waals surface area contributed by atoms with E-state index in [1.807, 2.05) is 91.0 Å². The van der Waals surface area contributed by atoms with Crippen molar-refractivity contribution in [1.82, 2.24) is 10.2 Å². The number of ether oxygens (including phenoxy) is 2. The first-order valence-electron chi connectivity index (χ1n) is 14.2. The Morgan fingerprint density at radius 3 is 2.20 bits per heavy atom. The Balaban J connectivity index is 1.43. The summed E-state index contributed by atoms with van der Waals surface area (Å²) < 4.78 is 12.8. The lowest BCUT2D eigenvalue weighted by Gasteiger charge is -2.21. The Labute approximate surface area is 270 Å². The predicted octanol–water partition coefficient (Wildman–Crippen LogP) is 6.03. The van der Waals surface area contributed by atoms with Gasteiger partial charge in [-0.15, -0.1) is 0 Å². The quantitative estimate of drug-likeness (QED) is 0.135. The van der Waals surface area contributed by atoms with Crippen molar-refractivity contribution in [1.29, 1.82) is 0 Å². The molecule has 1 saturated heterocycles. The van der Waals surface area contributed by atoms with Crippen LogP contribution in [0, 0.1) is 0 Å². The van der Waals surface area contributed by atoms with Crippen LogP contribution < -0.4 is 14.8 Å². The van der Waals surface area contributed by atoms with Gasteiger partial charge in [-0.3, -0.25) is 19.3 Å². The fourth-order valence-electron chi connectivity index (χ4n) is 4.58. The molecular weight excluding hydrogens is 609 g/mol. The van der Waals surface area contributed by atoms with Crippen LogP contribution >= 0.6 is 24.0 Å². The first kappa shape index (κ1) is 31.5. The topological polar surface area (TPSA) is 105 Å². The van der Waals surface area contributed by atoms with Crippen molar-refractivity contribution in [2.45, 2.75) is 19.1 Å². The van der Waals surface area contributed by atoms with Crippen LogP contribution in [-0.4, -0.2) is 45.2 Å². The van der Waals surface area contributed by atoms with Gasteiger partial charge in [0.25, 0.3) is 11.8 Å². The first-order chi connectivity index (χ1) is 21.9. The van der Waals surface area contributed by atoms with E-state index in [-0.39, 0.29) is 21.7 Å². The minimum atomic E-state index is -1.16. The van der Waals surface area contributed by atoms with E-state index in [1.54, 1.807) is 24.3 Å². The van der Waals surface area contributed by atoms with Gasteiger partial charge in [0.2, 0.25) is 6.10 Å². The van der Waals surface area contributed by atoms with Crippen molar-refractivity contribution in [3.8, 4) is 11.5 Å². The number of nitrogens with zero attached hydrogens (tertiary/aromatic N) is 1. The summed E-state index contributed by atoms with van der Waals surface area (Å²) in [7, 11) is 0. The zero-order chi connectivity index (χ0) is 31.6. The van der Waals surface area contributed by atoms with E-state index in [2.05, 4.69) is 5.32 Å². The minimum Gasteiger partial charge on any atom is -0.485 e. The van der Waals surface area contributed by atoms with Crippen LogP contribution in [0.25, 0.3) is 6.08 Å². The lowest BCUT2D eigenvalue weighted by molar-refractivity contribution is -0.140. The van der Waals surface area contributed by atoms with Gasteiger partial charge in [-0.05, 0) is 41.3 Å². The Morgan fingerprint density at radius 2 is 1.53 bits per heavy atom. The van der Waals surface area contributed by atoms with E-state index in [1.165, 1.54) is 0 Å². The molecule has 10 heteroatoms. The Bertz CT molecular complexity index is 1700. The predicted molar refractivity (Wildman–Crippen MR) is 178 cm³/mol. The van der Waals surface area contributed by atoms with Gasteiger partial charge in [-0.25, -0.2) is 0 Å². The van der Waals surface area contributed by atoms with Crippen LogP contribution in [0.1, 0.15) is 28.4 Å². The van der Waals surface area contributed by atoms with Crippen LogP contribution in [0.2, 0.25) is 0 Å². The van der Waals surface area contributed by atoms with Gasteiger partial charge in [-0.2, -0.15) is 0 Å². The molecule has 0 aromatic heterocycles. The summed E-state index contributed by atoms with van der Waals surface area (Å²) in [6.45, 7) is 0.176.